The maximum Gasteiger partial charge on any atom is 0.235 e. The van der Waals surface area contributed by atoms with Gasteiger partial charge in [-0.3, -0.25) is 9.59 Å². The maximum absolute atomic E-state index is 14.5. The summed E-state index contributed by atoms with van der Waals surface area (Å²) in [5.74, 6) is -1.07. The van der Waals surface area contributed by atoms with E-state index >= 15 is 0 Å². The molecule has 7 heteroatoms. The molecule has 1 aliphatic carbocycles. The Kier molecular flexibility index (Phi) is 5.08. The molecular formula is C32H35N3O4. The Labute approximate surface area is 227 Å². The number of rotatable bonds is 2. The van der Waals surface area contributed by atoms with E-state index in [-0.39, 0.29) is 29.4 Å². The number of benzene rings is 1. The van der Waals surface area contributed by atoms with E-state index in [1.54, 1.807) is 6.07 Å². The van der Waals surface area contributed by atoms with Crippen molar-refractivity contribution in [2.24, 2.45) is 23.7 Å². The molecule has 2 saturated heterocycles. The number of Topliss-reactive ketones (excluding diaryl/α,β-unsaturated/α-hetero) is 1. The molecule has 7 nitrogen and oxygen atoms in total. The normalized spacial score (nSPS) is 41.4. The highest BCUT2D eigenvalue weighted by Gasteiger charge is 2.80. The molecule has 7 rings (SSSR count). The van der Waals surface area contributed by atoms with E-state index in [2.05, 4.69) is 41.3 Å². The Bertz CT molecular complexity index is 1580. The fourth-order valence-electron chi connectivity index (χ4n) is 8.35. The molecule has 1 spiro atoms. The van der Waals surface area contributed by atoms with Crippen molar-refractivity contribution in [2.45, 2.75) is 63.4 Å². The molecule has 202 valence electrons. The van der Waals surface area contributed by atoms with Crippen molar-refractivity contribution in [2.75, 3.05) is 0 Å². The summed E-state index contributed by atoms with van der Waals surface area (Å²) < 4.78 is 6.94. The third-order valence-corrected chi connectivity index (χ3v) is 10.2. The molecule has 1 unspecified atom stereocenters. The molecule has 1 amide bonds. The predicted octanol–water partition coefficient (Wildman–Crippen LogP) is 4.56. The van der Waals surface area contributed by atoms with Gasteiger partial charge in [0.05, 0.1) is 17.4 Å². The van der Waals surface area contributed by atoms with Crippen molar-refractivity contribution in [1.29, 1.82) is 0 Å². The lowest BCUT2D eigenvalue weighted by molar-refractivity contribution is -0.185. The van der Waals surface area contributed by atoms with Crippen LogP contribution in [0.3, 0.4) is 0 Å². The number of ketones is 1. The predicted molar refractivity (Wildman–Crippen MR) is 148 cm³/mol. The molecule has 8 atom stereocenters. The van der Waals surface area contributed by atoms with Crippen molar-refractivity contribution in [1.82, 2.24) is 15.3 Å². The van der Waals surface area contributed by atoms with Crippen LogP contribution in [0.5, 0.6) is 0 Å². The third kappa shape index (κ3) is 3.06. The molecule has 39 heavy (non-hydrogen) atoms. The number of aromatic nitrogens is 2. The second-order valence-corrected chi connectivity index (χ2v) is 12.4. The standard InChI is InChI=1S/C32H35N3O4/c1-17-8-7-10-22-28(37)30(4)19(3)27-31(39-30,15-20-16-33-23-11-6-5-9-21(20)23)35-29(38)32(22,27)25-13-12-24(34-25)26(36)18(2)14-17/h5-7,9-14,16-17,19,22,27-28,33-34,37H,8,15H2,1-4H3,(H,35,38)/b10-7+,18-14+/t17-,19-,22-,27?,28-,30-,31+,32+/m0/s1. The van der Waals surface area contributed by atoms with Crippen molar-refractivity contribution in [3.63, 3.8) is 0 Å². The van der Waals surface area contributed by atoms with Crippen LogP contribution < -0.4 is 5.32 Å². The minimum absolute atomic E-state index is 0.0778. The zero-order chi connectivity index (χ0) is 27.3. The van der Waals surface area contributed by atoms with Gasteiger partial charge in [0.25, 0.3) is 0 Å². The number of nitrogens with one attached hydrogen (secondary N) is 3. The molecule has 3 aliphatic heterocycles. The van der Waals surface area contributed by atoms with Crippen molar-refractivity contribution in [3.8, 4) is 0 Å². The van der Waals surface area contributed by atoms with Crippen LogP contribution in [0, 0.1) is 23.7 Å². The number of carbonyl (C=O) groups excluding carboxylic acids is 2. The van der Waals surface area contributed by atoms with Crippen LogP contribution in [-0.4, -0.2) is 44.2 Å². The van der Waals surface area contributed by atoms with Gasteiger partial charge in [-0.05, 0) is 61.4 Å². The molecule has 1 aromatic carbocycles. The van der Waals surface area contributed by atoms with Gasteiger partial charge in [0.2, 0.25) is 11.7 Å². The highest BCUT2D eigenvalue weighted by atomic mass is 16.6. The van der Waals surface area contributed by atoms with Crippen LogP contribution in [-0.2, 0) is 21.4 Å². The topological polar surface area (TPSA) is 107 Å². The molecule has 0 radical (unpaired) electrons. The summed E-state index contributed by atoms with van der Waals surface area (Å²) in [5, 5.41) is 16.5. The fourth-order valence-corrected chi connectivity index (χ4v) is 8.35. The van der Waals surface area contributed by atoms with E-state index in [1.807, 2.05) is 56.5 Å². The molecule has 2 aromatic heterocycles. The minimum atomic E-state index is -1.13. The zero-order valence-electron chi connectivity index (χ0n) is 22.7. The van der Waals surface area contributed by atoms with E-state index in [0.29, 0.717) is 29.8 Å². The number of carbonyl (C=O) groups is 2. The van der Waals surface area contributed by atoms with Crippen molar-refractivity contribution >= 4 is 22.6 Å². The first-order chi connectivity index (χ1) is 18.6. The van der Waals surface area contributed by atoms with Crippen LogP contribution in [0.1, 0.15) is 55.9 Å². The highest BCUT2D eigenvalue weighted by Crippen LogP contribution is 2.67. The number of hydrogen-bond donors (Lipinski definition) is 4. The number of aromatic amines is 2. The van der Waals surface area contributed by atoms with Gasteiger partial charge in [0.1, 0.15) is 11.1 Å². The maximum atomic E-state index is 14.5. The summed E-state index contributed by atoms with van der Waals surface area (Å²) in [6.07, 6.45) is 8.32. The second kappa shape index (κ2) is 8.05. The molecule has 4 N–H and O–H groups in total. The molecule has 3 aromatic rings. The van der Waals surface area contributed by atoms with Crippen LogP contribution in [0.4, 0.5) is 0 Å². The van der Waals surface area contributed by atoms with Crippen LogP contribution in [0.2, 0.25) is 0 Å². The number of hydrogen-bond acceptors (Lipinski definition) is 4. The van der Waals surface area contributed by atoms with E-state index in [0.717, 1.165) is 16.5 Å². The van der Waals surface area contributed by atoms with E-state index in [4.69, 9.17) is 4.74 Å². The van der Waals surface area contributed by atoms with Gasteiger partial charge < -0.3 is 25.1 Å². The summed E-state index contributed by atoms with van der Waals surface area (Å²) >= 11 is 0. The van der Waals surface area contributed by atoms with Crippen LogP contribution in [0.15, 0.2) is 66.4 Å². The third-order valence-electron chi connectivity index (χ3n) is 10.2. The quantitative estimate of drug-likeness (QED) is 0.368. The number of aliphatic hydroxyl groups is 1. The highest BCUT2D eigenvalue weighted by molar-refractivity contribution is 6.07. The molecule has 5 heterocycles. The second-order valence-electron chi connectivity index (χ2n) is 12.4. The molecule has 1 saturated carbocycles. The van der Waals surface area contributed by atoms with E-state index in [1.165, 1.54) is 0 Å². The van der Waals surface area contributed by atoms with E-state index < -0.39 is 28.8 Å². The van der Waals surface area contributed by atoms with Crippen molar-refractivity contribution < 1.29 is 19.4 Å². The zero-order valence-corrected chi connectivity index (χ0v) is 22.7. The summed E-state index contributed by atoms with van der Waals surface area (Å²) in [7, 11) is 0. The summed E-state index contributed by atoms with van der Waals surface area (Å²) in [6.45, 7) is 7.99. The molecule has 4 bridgehead atoms. The number of fused-ring (bicyclic) bond motifs is 4. The number of ether oxygens (including phenoxy) is 1. The van der Waals surface area contributed by atoms with Gasteiger partial charge >= 0.3 is 0 Å². The largest absolute Gasteiger partial charge is 0.389 e. The number of amides is 1. The number of aliphatic hydroxyl groups excluding tert-OH is 1. The lowest BCUT2D eigenvalue weighted by atomic mass is 9.51. The Hall–Kier alpha value is -3.42. The van der Waals surface area contributed by atoms with Crippen molar-refractivity contribution in [3.05, 3.63) is 83.3 Å². The lowest BCUT2D eigenvalue weighted by Crippen LogP contribution is -2.64. The summed E-state index contributed by atoms with van der Waals surface area (Å²) in [6, 6.07) is 11.8. The monoisotopic (exact) mass is 525 g/mol. The van der Waals surface area contributed by atoms with Gasteiger partial charge in [-0.2, -0.15) is 0 Å². The summed E-state index contributed by atoms with van der Waals surface area (Å²) in [5.41, 5.74) is 0.859. The summed E-state index contributed by atoms with van der Waals surface area (Å²) in [4.78, 5) is 34.5. The molecule has 3 fully saturated rings. The smallest absolute Gasteiger partial charge is 0.235 e. The minimum Gasteiger partial charge on any atom is -0.389 e. The van der Waals surface area contributed by atoms with Gasteiger partial charge in [-0.15, -0.1) is 0 Å². The van der Waals surface area contributed by atoms with Gasteiger partial charge in [-0.1, -0.05) is 50.3 Å². The first-order valence-corrected chi connectivity index (χ1v) is 14.0. The van der Waals surface area contributed by atoms with Gasteiger partial charge in [0, 0.05) is 41.1 Å². The lowest BCUT2D eigenvalue weighted by Gasteiger charge is -2.51. The molecular weight excluding hydrogens is 490 g/mol. The van der Waals surface area contributed by atoms with Crippen LogP contribution in [0.25, 0.3) is 10.9 Å². The Morgan fingerprint density at radius 2 is 1.92 bits per heavy atom. The SMILES string of the molecule is C/C1=C\[C@@H](C)C/C=C/[C@H]2[C@H](O)[C@@]3(C)O[C@@]4(Cc5c[nH]c6ccccc56)NC(=O)[C@]2(c2ccc([nH]2)C1=O)C4[C@@H]3C. The average Bonchev–Trinajstić information content (AvgIpc) is 3.63. The van der Waals surface area contributed by atoms with Gasteiger partial charge in [-0.25, -0.2) is 0 Å². The number of H-pyrrole nitrogens is 2. The Balaban J connectivity index is 1.45. The average molecular weight is 526 g/mol. The van der Waals surface area contributed by atoms with Crippen LogP contribution >= 0.6 is 0 Å². The van der Waals surface area contributed by atoms with E-state index in [9.17, 15) is 14.7 Å². The number of para-hydroxylation sites is 1. The first-order valence-electron chi connectivity index (χ1n) is 14.0. The number of allylic oxidation sites excluding steroid dienone is 3. The van der Waals surface area contributed by atoms with Gasteiger partial charge in [0.15, 0.2) is 0 Å². The molecule has 4 aliphatic rings. The fraction of sp³-hybridized carbons (Fsp3) is 0.438. The Morgan fingerprint density at radius 1 is 1.13 bits per heavy atom. The Morgan fingerprint density at radius 3 is 2.74 bits per heavy atom. The first kappa shape index (κ1) is 24.6.